The number of amides is 3. The molecule has 0 unspecified atom stereocenters. The zero-order chi connectivity index (χ0) is 34.1. The number of hydrogen-bond acceptors (Lipinski definition) is 9. The summed E-state index contributed by atoms with van der Waals surface area (Å²) in [6, 6.07) is 12.3. The zero-order valence-corrected chi connectivity index (χ0v) is 28.8. The van der Waals surface area contributed by atoms with E-state index in [2.05, 4.69) is 37.1 Å². The van der Waals surface area contributed by atoms with Gasteiger partial charge in [0.1, 0.15) is 6.61 Å². The van der Waals surface area contributed by atoms with E-state index in [0.29, 0.717) is 49.4 Å². The van der Waals surface area contributed by atoms with E-state index in [1.807, 2.05) is 13.0 Å². The minimum absolute atomic E-state index is 0.229. The van der Waals surface area contributed by atoms with Crippen molar-refractivity contribution in [3.63, 3.8) is 0 Å². The van der Waals surface area contributed by atoms with Crippen LogP contribution >= 0.6 is 39.1 Å². The van der Waals surface area contributed by atoms with Crippen molar-refractivity contribution in [1.82, 2.24) is 16.1 Å². The molecule has 12 nitrogen and oxygen atoms in total. The number of urea groups is 1. The predicted molar refractivity (Wildman–Crippen MR) is 179 cm³/mol. The molecular weight excluding hydrogens is 719 g/mol. The summed E-state index contributed by atoms with van der Waals surface area (Å²) in [5.41, 5.74) is 5.03. The summed E-state index contributed by atoms with van der Waals surface area (Å²) in [5.74, 6) is 0.378. The molecule has 3 amide bonds. The van der Waals surface area contributed by atoms with Crippen molar-refractivity contribution in [3.05, 3.63) is 91.0 Å². The molecule has 0 fully saturated rings. The molecule has 248 valence electrons. The summed E-state index contributed by atoms with van der Waals surface area (Å²) in [6.45, 7) is 3.70. The molecule has 1 atom stereocenters. The van der Waals surface area contributed by atoms with Crippen LogP contribution in [0.1, 0.15) is 36.6 Å². The van der Waals surface area contributed by atoms with Crippen molar-refractivity contribution < 1.29 is 38.1 Å². The number of allylic oxidation sites excluding steroid dienone is 1. The van der Waals surface area contributed by atoms with Crippen LogP contribution in [-0.2, 0) is 20.9 Å². The van der Waals surface area contributed by atoms with Crippen molar-refractivity contribution in [1.29, 1.82) is 0 Å². The van der Waals surface area contributed by atoms with Gasteiger partial charge in [-0.15, -0.1) is 0 Å². The molecule has 4 rings (SSSR count). The lowest BCUT2D eigenvalue weighted by Gasteiger charge is -2.28. The van der Waals surface area contributed by atoms with Crippen LogP contribution in [0.4, 0.5) is 4.79 Å². The highest BCUT2D eigenvalue weighted by Gasteiger charge is 2.32. The number of carbonyl (C=O) groups excluding carboxylic acids is 3. The zero-order valence-electron chi connectivity index (χ0n) is 25.7. The van der Waals surface area contributed by atoms with Crippen molar-refractivity contribution in [2.75, 3.05) is 27.4 Å². The van der Waals surface area contributed by atoms with Gasteiger partial charge >= 0.3 is 12.0 Å². The van der Waals surface area contributed by atoms with E-state index in [1.165, 1.54) is 20.4 Å². The van der Waals surface area contributed by atoms with Crippen LogP contribution in [0.3, 0.4) is 0 Å². The molecule has 0 aromatic heterocycles. The van der Waals surface area contributed by atoms with Crippen LogP contribution in [0.25, 0.3) is 0 Å². The monoisotopic (exact) mass is 748 g/mol. The first-order valence-electron chi connectivity index (χ1n) is 14.1. The van der Waals surface area contributed by atoms with E-state index in [9.17, 15) is 14.4 Å². The van der Waals surface area contributed by atoms with E-state index in [0.717, 1.165) is 5.56 Å². The Labute approximate surface area is 289 Å². The molecular formula is C32H31BrCl2N4O8. The second kappa shape index (κ2) is 16.4. The molecule has 3 aromatic rings. The highest BCUT2D eigenvalue weighted by molar-refractivity contribution is 9.10. The lowest BCUT2D eigenvalue weighted by atomic mass is 9.95. The normalized spacial score (nSPS) is 14.3. The summed E-state index contributed by atoms with van der Waals surface area (Å²) in [7, 11) is 2.69. The van der Waals surface area contributed by atoms with Crippen LogP contribution < -0.4 is 35.0 Å². The molecule has 1 aliphatic rings. The lowest BCUT2D eigenvalue weighted by Crippen LogP contribution is -2.45. The largest absolute Gasteiger partial charge is 0.493 e. The Hall–Kier alpha value is -4.46. The summed E-state index contributed by atoms with van der Waals surface area (Å²) >= 11 is 15.6. The Morgan fingerprint density at radius 2 is 1.79 bits per heavy atom. The number of ether oxygens (including phenoxy) is 5. The van der Waals surface area contributed by atoms with Gasteiger partial charge in [-0.3, -0.25) is 4.79 Å². The van der Waals surface area contributed by atoms with Crippen LogP contribution in [-0.4, -0.2) is 51.6 Å². The summed E-state index contributed by atoms with van der Waals surface area (Å²) in [4.78, 5) is 37.1. The smallest absolute Gasteiger partial charge is 0.337 e. The Balaban J connectivity index is 1.39. The molecule has 3 N–H and O–H groups in total. The van der Waals surface area contributed by atoms with E-state index in [4.69, 9.17) is 46.9 Å². The SMILES string of the molecule is CCOc1cc(/C=N\NC(=O)COc2ccc([C@@H]3NC(=O)NC(C)=C3C(=O)OC)cc2OC)cc(Br)c1OCc1ccc(Cl)c(Cl)c1. The number of hydrazone groups is 1. The van der Waals surface area contributed by atoms with Crippen LogP contribution in [0, 0.1) is 0 Å². The number of methoxy groups -OCH3 is 2. The maximum absolute atomic E-state index is 12.5. The van der Waals surface area contributed by atoms with Gasteiger partial charge in [0.2, 0.25) is 0 Å². The van der Waals surface area contributed by atoms with E-state index in [1.54, 1.807) is 49.4 Å². The molecule has 1 heterocycles. The van der Waals surface area contributed by atoms with E-state index in [-0.39, 0.29) is 30.3 Å². The third-order valence-electron chi connectivity index (χ3n) is 6.66. The Morgan fingerprint density at radius 3 is 2.49 bits per heavy atom. The minimum Gasteiger partial charge on any atom is -0.493 e. The molecule has 0 bridgehead atoms. The fraction of sp³-hybridized carbons (Fsp3) is 0.250. The molecule has 15 heteroatoms. The van der Waals surface area contributed by atoms with Gasteiger partial charge in [0.25, 0.3) is 5.91 Å². The summed E-state index contributed by atoms with van der Waals surface area (Å²) in [5, 5.41) is 10.2. The number of nitrogens with one attached hydrogen (secondary N) is 3. The third kappa shape index (κ3) is 9.09. The molecule has 0 saturated carbocycles. The molecule has 47 heavy (non-hydrogen) atoms. The van der Waals surface area contributed by atoms with Gasteiger partial charge in [-0.2, -0.15) is 5.10 Å². The first kappa shape index (κ1) is 35.4. The highest BCUT2D eigenvalue weighted by Crippen LogP contribution is 2.38. The molecule has 1 aliphatic heterocycles. The topological polar surface area (TPSA) is 146 Å². The maximum Gasteiger partial charge on any atom is 0.337 e. The number of esters is 1. The van der Waals surface area contributed by atoms with Crippen LogP contribution in [0.5, 0.6) is 23.0 Å². The Morgan fingerprint density at radius 1 is 1.00 bits per heavy atom. The Bertz CT molecular complexity index is 1730. The van der Waals surface area contributed by atoms with Gasteiger partial charge in [-0.25, -0.2) is 15.0 Å². The maximum atomic E-state index is 12.5. The first-order valence-corrected chi connectivity index (χ1v) is 15.6. The standard InChI is InChI=1S/C32H31BrCl2N4O8/c1-5-45-26-12-19(10-21(33)30(26)47-15-18-6-8-22(34)23(35)11-18)14-36-39-27(40)16-46-24-9-7-20(13-25(24)43-3)29-28(31(41)44-4)17(2)37-32(42)38-29/h6-14,29H,5,15-16H2,1-4H3,(H,39,40)(H2,37,38,42)/b36-14-/t29-/m0/s1. The van der Waals surface area contributed by atoms with Gasteiger partial charge in [-0.05, 0) is 82.9 Å². The molecule has 3 aromatic carbocycles. The Kier molecular flexibility index (Phi) is 12.3. The van der Waals surface area contributed by atoms with Crippen LogP contribution in [0.15, 0.2) is 69.4 Å². The van der Waals surface area contributed by atoms with Crippen molar-refractivity contribution >= 4 is 63.3 Å². The van der Waals surface area contributed by atoms with Crippen LogP contribution in [0.2, 0.25) is 10.0 Å². The quantitative estimate of drug-likeness (QED) is 0.109. The molecule has 0 spiro atoms. The fourth-order valence-electron chi connectivity index (χ4n) is 4.51. The molecule has 0 radical (unpaired) electrons. The second-order valence-corrected chi connectivity index (χ2v) is 11.5. The van der Waals surface area contributed by atoms with Gasteiger partial charge < -0.3 is 34.3 Å². The number of halogens is 3. The molecule has 0 saturated heterocycles. The number of hydrogen-bond donors (Lipinski definition) is 3. The number of rotatable bonds is 13. The minimum atomic E-state index is -0.789. The predicted octanol–water partition coefficient (Wildman–Crippen LogP) is 6.07. The second-order valence-electron chi connectivity index (χ2n) is 9.85. The third-order valence-corrected chi connectivity index (χ3v) is 7.98. The number of benzene rings is 3. The van der Waals surface area contributed by atoms with Crippen molar-refractivity contribution in [2.24, 2.45) is 5.10 Å². The fourth-order valence-corrected chi connectivity index (χ4v) is 5.41. The molecule has 0 aliphatic carbocycles. The van der Waals surface area contributed by atoms with Crippen molar-refractivity contribution in [2.45, 2.75) is 26.5 Å². The van der Waals surface area contributed by atoms with Gasteiger partial charge in [0.15, 0.2) is 29.6 Å². The average molecular weight is 750 g/mol. The summed E-state index contributed by atoms with van der Waals surface area (Å²) < 4.78 is 28.4. The van der Waals surface area contributed by atoms with Crippen molar-refractivity contribution in [3.8, 4) is 23.0 Å². The summed E-state index contributed by atoms with van der Waals surface area (Å²) in [6.07, 6.45) is 1.45. The van der Waals surface area contributed by atoms with E-state index >= 15 is 0 Å². The van der Waals surface area contributed by atoms with Gasteiger partial charge in [0.05, 0.1) is 53.2 Å². The van der Waals surface area contributed by atoms with E-state index < -0.39 is 23.9 Å². The number of carbonyl (C=O) groups is 3. The highest BCUT2D eigenvalue weighted by atomic mass is 79.9. The van der Waals surface area contributed by atoms with Gasteiger partial charge in [-0.1, -0.05) is 35.3 Å². The average Bonchev–Trinajstić information content (AvgIpc) is 3.04. The number of nitrogens with zero attached hydrogens (tertiary/aromatic N) is 1. The lowest BCUT2D eigenvalue weighted by molar-refractivity contribution is -0.136. The first-order chi connectivity index (χ1) is 22.5. The van der Waals surface area contributed by atoms with Gasteiger partial charge in [0, 0.05) is 5.70 Å².